The van der Waals surface area contributed by atoms with E-state index in [9.17, 15) is 14.9 Å². The fourth-order valence-electron chi connectivity index (χ4n) is 4.31. The molecule has 3 N–H and O–H groups in total. The molecule has 1 aliphatic heterocycles. The van der Waals surface area contributed by atoms with Crippen molar-refractivity contribution in [1.29, 1.82) is 5.26 Å². The molecule has 5 rings (SSSR count). The number of hydrogen-bond acceptors (Lipinski definition) is 11. The Kier molecular flexibility index (Phi) is 7.01. The van der Waals surface area contributed by atoms with Gasteiger partial charge >= 0.3 is 0 Å². The largest absolute Gasteiger partial charge is 0.465 e. The SMILES string of the molecule is Cc1ccc(C2C(C#N)=C(N)N(c3nnc(SCC(=O)Nc4ccc(Cl)cn4)s3)C3=C2C(=O)CCC3)o1. The third-order valence-electron chi connectivity index (χ3n) is 5.87. The van der Waals surface area contributed by atoms with Crippen LogP contribution in [0.25, 0.3) is 0 Å². The summed E-state index contributed by atoms with van der Waals surface area (Å²) in [6.45, 7) is 1.81. The van der Waals surface area contributed by atoms with Crippen LogP contribution < -0.4 is 16.0 Å². The fraction of sp³-hybridized carbons (Fsp3) is 0.250. The van der Waals surface area contributed by atoms with Crippen LogP contribution in [0.15, 0.2) is 61.9 Å². The Morgan fingerprint density at radius 2 is 2.19 bits per heavy atom. The van der Waals surface area contributed by atoms with E-state index in [1.807, 2.05) is 6.92 Å². The number of carbonyl (C=O) groups is 2. The first-order valence-corrected chi connectivity index (χ1v) is 13.4. The maximum atomic E-state index is 13.1. The lowest BCUT2D eigenvalue weighted by Gasteiger charge is -2.37. The quantitative estimate of drug-likeness (QED) is 0.416. The van der Waals surface area contributed by atoms with Crippen LogP contribution in [0.4, 0.5) is 10.9 Å². The van der Waals surface area contributed by atoms with E-state index >= 15 is 0 Å². The van der Waals surface area contributed by atoms with Crippen molar-refractivity contribution >= 4 is 57.3 Å². The predicted octanol–water partition coefficient (Wildman–Crippen LogP) is 4.52. The number of nitrogens with zero attached hydrogens (tertiary/aromatic N) is 5. The van der Waals surface area contributed by atoms with Gasteiger partial charge in [-0.2, -0.15) is 5.26 Å². The number of furan rings is 1. The van der Waals surface area contributed by atoms with Gasteiger partial charge in [0.25, 0.3) is 0 Å². The summed E-state index contributed by atoms with van der Waals surface area (Å²) >= 11 is 8.25. The van der Waals surface area contributed by atoms with Gasteiger partial charge in [0.15, 0.2) is 10.1 Å². The second-order valence-electron chi connectivity index (χ2n) is 8.31. The number of nitrogens with two attached hydrogens (primary N) is 1. The first-order valence-electron chi connectivity index (χ1n) is 11.3. The third kappa shape index (κ3) is 4.98. The van der Waals surface area contributed by atoms with Gasteiger partial charge in [0.2, 0.25) is 11.0 Å². The molecule has 0 radical (unpaired) electrons. The van der Waals surface area contributed by atoms with Crippen LogP contribution in [0.5, 0.6) is 0 Å². The average Bonchev–Trinajstić information content (AvgIpc) is 3.52. The highest BCUT2D eigenvalue weighted by Gasteiger charge is 2.42. The molecule has 10 nitrogen and oxygen atoms in total. The van der Waals surface area contributed by atoms with Gasteiger partial charge in [0.1, 0.15) is 23.2 Å². The van der Waals surface area contributed by atoms with Crippen molar-refractivity contribution in [1.82, 2.24) is 15.2 Å². The van der Waals surface area contributed by atoms with Gasteiger partial charge < -0.3 is 15.5 Å². The van der Waals surface area contributed by atoms with E-state index in [1.54, 1.807) is 29.2 Å². The lowest BCUT2D eigenvalue weighted by molar-refractivity contribution is -0.116. The Bertz CT molecular complexity index is 1490. The molecule has 0 saturated heterocycles. The van der Waals surface area contributed by atoms with E-state index in [2.05, 4.69) is 26.6 Å². The maximum Gasteiger partial charge on any atom is 0.235 e. The predicted molar refractivity (Wildman–Crippen MR) is 140 cm³/mol. The van der Waals surface area contributed by atoms with Gasteiger partial charge in [-0.25, -0.2) is 4.98 Å². The minimum Gasteiger partial charge on any atom is -0.465 e. The number of carbonyl (C=O) groups excluding carboxylic acids is 2. The number of pyridine rings is 1. The van der Waals surface area contributed by atoms with Crippen molar-refractivity contribution in [2.24, 2.45) is 5.73 Å². The molecule has 13 heteroatoms. The number of halogens is 1. The summed E-state index contributed by atoms with van der Waals surface area (Å²) < 4.78 is 6.36. The molecule has 0 fully saturated rings. The Hall–Kier alpha value is -3.66. The molecule has 1 atom stereocenters. The number of amides is 1. The molecular weight excluding hydrogens is 534 g/mol. The van der Waals surface area contributed by atoms with Gasteiger partial charge in [-0.3, -0.25) is 14.5 Å². The summed E-state index contributed by atoms with van der Waals surface area (Å²) in [7, 11) is 0. The van der Waals surface area contributed by atoms with Crippen molar-refractivity contribution in [2.45, 2.75) is 36.4 Å². The Labute approximate surface area is 225 Å². The van der Waals surface area contributed by atoms with Crippen LogP contribution in [-0.2, 0) is 9.59 Å². The molecule has 3 aromatic rings. The van der Waals surface area contributed by atoms with Gasteiger partial charge in [-0.05, 0) is 44.0 Å². The standard InChI is InChI=1S/C24H20ClN7O3S2/c1-12-5-7-17(35-12)20-14(9-26)22(27)32(15-3-2-4-16(33)21(15)20)23-30-31-24(37-23)36-11-19(34)29-18-8-6-13(25)10-28-18/h5-8,10,20H,2-4,11,27H2,1H3,(H,28,29,34). The highest BCUT2D eigenvalue weighted by Crippen LogP contribution is 2.47. The van der Waals surface area contributed by atoms with Crippen molar-refractivity contribution in [3.63, 3.8) is 0 Å². The molecule has 1 aliphatic carbocycles. The van der Waals surface area contributed by atoms with Crippen molar-refractivity contribution < 1.29 is 14.0 Å². The lowest BCUT2D eigenvalue weighted by atomic mass is 9.78. The van der Waals surface area contributed by atoms with E-state index in [0.717, 1.165) is 0 Å². The maximum absolute atomic E-state index is 13.1. The van der Waals surface area contributed by atoms with Crippen LogP contribution in [0, 0.1) is 18.3 Å². The molecule has 4 heterocycles. The minimum absolute atomic E-state index is 0.0443. The second kappa shape index (κ2) is 10.4. The first-order chi connectivity index (χ1) is 17.9. The van der Waals surface area contributed by atoms with Crippen molar-refractivity contribution in [2.75, 3.05) is 16.0 Å². The zero-order chi connectivity index (χ0) is 26.1. The molecule has 0 spiro atoms. The van der Waals surface area contributed by atoms with Crippen LogP contribution in [0.3, 0.4) is 0 Å². The Balaban J connectivity index is 1.40. The number of allylic oxidation sites excluding steroid dienone is 3. The van der Waals surface area contributed by atoms with Gasteiger partial charge in [-0.15, -0.1) is 10.2 Å². The Morgan fingerprint density at radius 3 is 2.89 bits per heavy atom. The summed E-state index contributed by atoms with van der Waals surface area (Å²) in [5, 5.41) is 22.1. The van der Waals surface area contributed by atoms with Crippen LogP contribution in [0.2, 0.25) is 5.02 Å². The monoisotopic (exact) mass is 553 g/mol. The van der Waals surface area contributed by atoms with Crippen molar-refractivity contribution in [3.8, 4) is 6.07 Å². The highest BCUT2D eigenvalue weighted by atomic mass is 35.5. The number of thioether (sulfide) groups is 1. The smallest absolute Gasteiger partial charge is 0.235 e. The molecule has 0 bridgehead atoms. The molecule has 1 unspecified atom stereocenters. The van der Waals surface area contributed by atoms with Gasteiger partial charge in [0.05, 0.1) is 28.3 Å². The molecule has 0 saturated carbocycles. The molecule has 3 aromatic heterocycles. The molecule has 1 amide bonds. The summed E-state index contributed by atoms with van der Waals surface area (Å²) in [5.41, 5.74) is 7.96. The van der Waals surface area contributed by atoms with E-state index in [-0.39, 0.29) is 28.8 Å². The van der Waals surface area contributed by atoms with Gasteiger partial charge in [0, 0.05) is 23.9 Å². The first kappa shape index (κ1) is 25.0. The zero-order valence-corrected chi connectivity index (χ0v) is 21.9. The molecular formula is C24H20ClN7O3S2. The zero-order valence-electron chi connectivity index (χ0n) is 19.5. The van der Waals surface area contributed by atoms with E-state index < -0.39 is 5.92 Å². The van der Waals surface area contributed by atoms with Crippen LogP contribution in [0.1, 0.15) is 36.7 Å². The number of anilines is 2. The number of rotatable bonds is 6. The van der Waals surface area contributed by atoms with Crippen LogP contribution in [-0.4, -0.2) is 32.6 Å². The van der Waals surface area contributed by atoms with E-state index in [1.165, 1.54) is 29.3 Å². The molecule has 37 heavy (non-hydrogen) atoms. The number of nitriles is 1. The number of aryl methyl sites for hydroxylation is 1. The number of nitrogens with one attached hydrogen (secondary N) is 1. The molecule has 188 valence electrons. The summed E-state index contributed by atoms with van der Waals surface area (Å²) in [6.07, 6.45) is 3.09. The van der Waals surface area contributed by atoms with E-state index in [4.69, 9.17) is 21.8 Å². The third-order valence-corrected chi connectivity index (χ3v) is 8.13. The number of aromatic nitrogens is 3. The van der Waals surface area contributed by atoms with Crippen molar-refractivity contribution in [3.05, 3.63) is 69.7 Å². The van der Waals surface area contributed by atoms with Gasteiger partial charge in [-0.1, -0.05) is 34.7 Å². The molecule has 0 aromatic carbocycles. The molecule has 2 aliphatic rings. The summed E-state index contributed by atoms with van der Waals surface area (Å²) in [4.78, 5) is 31.2. The number of hydrogen-bond donors (Lipinski definition) is 2. The normalized spacial score (nSPS) is 17.6. The minimum atomic E-state index is -0.662. The topological polar surface area (TPSA) is 151 Å². The number of ketones is 1. The van der Waals surface area contributed by atoms with E-state index in [0.29, 0.717) is 62.4 Å². The second-order valence-corrected chi connectivity index (χ2v) is 10.9. The average molecular weight is 554 g/mol. The highest BCUT2D eigenvalue weighted by molar-refractivity contribution is 8.01. The summed E-state index contributed by atoms with van der Waals surface area (Å²) in [6, 6.07) is 9.01. The number of Topliss-reactive ketones (excluding diaryl/α,β-unsaturated/α-hetero) is 1. The summed E-state index contributed by atoms with van der Waals surface area (Å²) in [5.74, 6) is 0.886. The fourth-order valence-corrected chi connectivity index (χ4v) is 6.10. The van der Waals surface area contributed by atoms with Crippen LogP contribution >= 0.6 is 34.7 Å². The lowest BCUT2D eigenvalue weighted by Crippen LogP contribution is -2.38. The Morgan fingerprint density at radius 1 is 1.35 bits per heavy atom.